The van der Waals surface area contributed by atoms with Crippen LogP contribution in [-0.2, 0) is 6.42 Å². The number of ether oxygens (including phenoxy) is 1. The molecule has 5 unspecified atom stereocenters. The second-order valence-electron chi connectivity index (χ2n) is 8.22. The average Bonchev–Trinajstić information content (AvgIpc) is 3.28. The molecule has 3 aromatic rings. The van der Waals surface area contributed by atoms with Gasteiger partial charge in [0.1, 0.15) is 41.9 Å². The lowest BCUT2D eigenvalue weighted by Crippen LogP contribution is -2.35. The summed E-state index contributed by atoms with van der Waals surface area (Å²) in [6.45, 7) is 4.59. The smallest absolute Gasteiger partial charge is 0.143 e. The van der Waals surface area contributed by atoms with Gasteiger partial charge in [-0.1, -0.05) is 0 Å². The van der Waals surface area contributed by atoms with Crippen LogP contribution < -0.4 is 10.1 Å². The highest BCUT2D eigenvalue weighted by Gasteiger charge is 2.45. The van der Waals surface area contributed by atoms with Gasteiger partial charge in [0.15, 0.2) is 0 Å². The first-order valence-electron chi connectivity index (χ1n) is 10.3. The Bertz CT molecular complexity index is 1100. The lowest BCUT2D eigenvalue weighted by molar-refractivity contribution is -0.0167. The van der Waals surface area contributed by atoms with Gasteiger partial charge in [0, 0.05) is 29.6 Å². The van der Waals surface area contributed by atoms with Gasteiger partial charge < -0.3 is 24.8 Å². The number of nitrogens with one attached hydrogen (secondary N) is 1. The van der Waals surface area contributed by atoms with Crippen LogP contribution in [0.15, 0.2) is 30.7 Å². The number of aliphatic hydroxyl groups excluding tert-OH is 2. The van der Waals surface area contributed by atoms with Gasteiger partial charge in [0.25, 0.3) is 0 Å². The number of fused-ring (bicyclic) bond motifs is 2. The van der Waals surface area contributed by atoms with Crippen LogP contribution in [0.25, 0.3) is 11.0 Å². The standard InChI is InChI=1S/C22H25FN4O3/c1-11-13-6-8-27(22(13)26-10-25-11)16-9-18(21(29)20(16)28)30-17-4-3-15(23)14-5-7-24-12(2)19(14)17/h3-4,6,8,10,12,16,18,20-21,24,28-29H,5,7,9H2,1-2H3. The molecule has 0 saturated heterocycles. The number of aromatic nitrogens is 3. The van der Waals surface area contributed by atoms with Crippen molar-refractivity contribution in [2.75, 3.05) is 6.54 Å². The molecule has 2 aliphatic rings. The second-order valence-corrected chi connectivity index (χ2v) is 8.22. The molecule has 0 radical (unpaired) electrons. The molecule has 158 valence electrons. The molecule has 1 aromatic carbocycles. The van der Waals surface area contributed by atoms with Crippen LogP contribution in [-0.4, -0.2) is 49.6 Å². The number of hydrogen-bond donors (Lipinski definition) is 3. The highest BCUT2D eigenvalue weighted by Crippen LogP contribution is 2.39. The average molecular weight is 412 g/mol. The van der Waals surface area contributed by atoms with Crippen molar-refractivity contribution in [1.82, 2.24) is 19.9 Å². The highest BCUT2D eigenvalue weighted by atomic mass is 19.1. The first-order valence-corrected chi connectivity index (χ1v) is 10.3. The van der Waals surface area contributed by atoms with Crippen molar-refractivity contribution in [3.8, 4) is 5.75 Å². The van der Waals surface area contributed by atoms with Crippen molar-refractivity contribution in [2.45, 2.75) is 57.1 Å². The molecule has 5 atom stereocenters. The van der Waals surface area contributed by atoms with Gasteiger partial charge in [-0.3, -0.25) is 0 Å². The summed E-state index contributed by atoms with van der Waals surface area (Å²) in [6.07, 6.45) is 1.67. The van der Waals surface area contributed by atoms with Crippen LogP contribution in [0.3, 0.4) is 0 Å². The summed E-state index contributed by atoms with van der Waals surface area (Å²) < 4.78 is 22.4. The topological polar surface area (TPSA) is 92.4 Å². The van der Waals surface area contributed by atoms with Gasteiger partial charge in [-0.15, -0.1) is 0 Å². The minimum Gasteiger partial charge on any atom is -0.487 e. The molecule has 1 saturated carbocycles. The number of halogens is 1. The highest BCUT2D eigenvalue weighted by molar-refractivity contribution is 5.78. The van der Waals surface area contributed by atoms with Crippen molar-refractivity contribution in [3.05, 3.63) is 53.4 Å². The van der Waals surface area contributed by atoms with Crippen LogP contribution in [0.1, 0.15) is 42.2 Å². The van der Waals surface area contributed by atoms with Crippen molar-refractivity contribution in [1.29, 1.82) is 0 Å². The summed E-state index contributed by atoms with van der Waals surface area (Å²) in [5, 5.41) is 25.7. The summed E-state index contributed by atoms with van der Waals surface area (Å²) in [6, 6.07) is 4.52. The SMILES string of the molecule is Cc1ncnc2c1ccn2C1CC(Oc2ccc(F)c3c2C(C)NCC3)C(O)C1O. The largest absolute Gasteiger partial charge is 0.487 e. The Balaban J connectivity index is 1.46. The van der Waals surface area contributed by atoms with Crippen LogP contribution in [0.4, 0.5) is 4.39 Å². The van der Waals surface area contributed by atoms with E-state index in [1.165, 1.54) is 12.4 Å². The minimum absolute atomic E-state index is 0.0493. The first kappa shape index (κ1) is 19.4. The van der Waals surface area contributed by atoms with Crippen LogP contribution in [0, 0.1) is 12.7 Å². The Hall–Kier alpha value is -2.55. The minimum atomic E-state index is -1.07. The molecule has 5 rings (SSSR count). The third-order valence-electron chi connectivity index (χ3n) is 6.46. The summed E-state index contributed by atoms with van der Waals surface area (Å²) in [7, 11) is 0. The first-order chi connectivity index (χ1) is 14.5. The molecule has 30 heavy (non-hydrogen) atoms. The normalized spacial score (nSPS) is 28.6. The number of aryl methyl sites for hydroxylation is 1. The second kappa shape index (κ2) is 7.30. The van der Waals surface area contributed by atoms with Crippen LogP contribution in [0.5, 0.6) is 5.75 Å². The van der Waals surface area contributed by atoms with E-state index in [2.05, 4.69) is 15.3 Å². The maximum absolute atomic E-state index is 14.3. The molecule has 7 nitrogen and oxygen atoms in total. The number of hydrogen-bond acceptors (Lipinski definition) is 6. The fourth-order valence-electron chi connectivity index (χ4n) is 4.85. The molecule has 8 heteroatoms. The number of nitrogens with zero attached hydrogens (tertiary/aromatic N) is 3. The molecular weight excluding hydrogens is 387 g/mol. The maximum atomic E-state index is 14.3. The van der Waals surface area contributed by atoms with E-state index >= 15 is 0 Å². The molecule has 1 fully saturated rings. The molecule has 1 aliphatic carbocycles. The zero-order chi connectivity index (χ0) is 21.0. The Morgan fingerprint density at radius 2 is 2.03 bits per heavy atom. The quantitative estimate of drug-likeness (QED) is 0.611. The molecule has 0 bridgehead atoms. The number of aliphatic hydroxyl groups is 2. The van der Waals surface area contributed by atoms with Gasteiger partial charge in [0.2, 0.25) is 0 Å². The predicted molar refractivity (Wildman–Crippen MR) is 109 cm³/mol. The molecule has 2 aromatic heterocycles. The molecule has 0 spiro atoms. The van der Waals surface area contributed by atoms with Crippen molar-refractivity contribution in [2.24, 2.45) is 0 Å². The number of rotatable bonds is 3. The third kappa shape index (κ3) is 2.98. The van der Waals surface area contributed by atoms with Crippen molar-refractivity contribution in [3.63, 3.8) is 0 Å². The van der Waals surface area contributed by atoms with Crippen molar-refractivity contribution >= 4 is 11.0 Å². The predicted octanol–water partition coefficient (Wildman–Crippen LogP) is 2.20. The van der Waals surface area contributed by atoms with E-state index in [1.54, 1.807) is 6.07 Å². The van der Waals surface area contributed by atoms with E-state index in [9.17, 15) is 14.6 Å². The summed E-state index contributed by atoms with van der Waals surface area (Å²) in [5.41, 5.74) is 3.03. The van der Waals surface area contributed by atoms with E-state index in [1.807, 2.05) is 30.7 Å². The lowest BCUT2D eigenvalue weighted by Gasteiger charge is -2.28. The fourth-order valence-corrected chi connectivity index (χ4v) is 4.85. The van der Waals surface area contributed by atoms with E-state index in [0.717, 1.165) is 22.3 Å². The summed E-state index contributed by atoms with van der Waals surface area (Å²) >= 11 is 0. The third-order valence-corrected chi connectivity index (χ3v) is 6.46. The summed E-state index contributed by atoms with van der Waals surface area (Å²) in [4.78, 5) is 8.57. The summed E-state index contributed by atoms with van der Waals surface area (Å²) in [5.74, 6) is 0.322. The lowest BCUT2D eigenvalue weighted by atomic mass is 9.93. The molecule has 0 amide bonds. The van der Waals surface area contributed by atoms with E-state index in [-0.39, 0.29) is 17.9 Å². The van der Waals surface area contributed by atoms with Gasteiger partial charge in [0.05, 0.1) is 11.7 Å². The van der Waals surface area contributed by atoms with Crippen molar-refractivity contribution < 1.29 is 19.3 Å². The van der Waals surface area contributed by atoms with E-state index in [0.29, 0.717) is 30.7 Å². The fraction of sp³-hybridized carbons (Fsp3) is 0.455. The van der Waals surface area contributed by atoms with E-state index < -0.39 is 18.3 Å². The van der Waals surface area contributed by atoms with Gasteiger partial charge in [-0.25, -0.2) is 14.4 Å². The monoisotopic (exact) mass is 412 g/mol. The Labute approximate surface area is 173 Å². The Kier molecular flexibility index (Phi) is 4.72. The molecule has 1 aliphatic heterocycles. The molecule has 3 heterocycles. The zero-order valence-electron chi connectivity index (χ0n) is 16.9. The zero-order valence-corrected chi connectivity index (χ0v) is 16.9. The molecule has 3 N–H and O–H groups in total. The van der Waals surface area contributed by atoms with Gasteiger partial charge >= 0.3 is 0 Å². The number of benzene rings is 1. The van der Waals surface area contributed by atoms with E-state index in [4.69, 9.17) is 4.74 Å². The van der Waals surface area contributed by atoms with Crippen LogP contribution in [0.2, 0.25) is 0 Å². The Morgan fingerprint density at radius 3 is 2.87 bits per heavy atom. The maximum Gasteiger partial charge on any atom is 0.143 e. The van der Waals surface area contributed by atoms with Gasteiger partial charge in [-0.05, 0) is 50.6 Å². The van der Waals surface area contributed by atoms with Crippen LogP contribution >= 0.6 is 0 Å². The van der Waals surface area contributed by atoms with Gasteiger partial charge in [-0.2, -0.15) is 0 Å². The molecular formula is C22H25FN4O3. The Morgan fingerprint density at radius 1 is 1.20 bits per heavy atom.